The maximum Gasteiger partial charge on any atom is 0.412 e. The predicted molar refractivity (Wildman–Crippen MR) is 94.9 cm³/mol. The first-order valence-corrected chi connectivity index (χ1v) is 8.02. The van der Waals surface area contributed by atoms with Gasteiger partial charge in [0.2, 0.25) is 0 Å². The van der Waals surface area contributed by atoms with Crippen molar-refractivity contribution in [3.8, 4) is 11.5 Å². The molecule has 2 amide bonds. The second-order valence-electron chi connectivity index (χ2n) is 5.47. The monoisotopic (exact) mass is 342 g/mol. The first kappa shape index (κ1) is 18.3. The third-order valence-corrected chi connectivity index (χ3v) is 3.58. The van der Waals surface area contributed by atoms with E-state index in [0.717, 1.165) is 11.1 Å². The number of para-hydroxylation sites is 1. The van der Waals surface area contributed by atoms with Crippen LogP contribution in [0.3, 0.4) is 0 Å². The summed E-state index contributed by atoms with van der Waals surface area (Å²) in [4.78, 5) is 23.3. The molecule has 0 unspecified atom stereocenters. The van der Waals surface area contributed by atoms with Crippen LogP contribution in [0, 0.1) is 13.8 Å². The minimum Gasteiger partial charge on any atom is -0.483 e. The van der Waals surface area contributed by atoms with Crippen molar-refractivity contribution in [1.29, 1.82) is 0 Å². The average Bonchev–Trinajstić information content (AvgIpc) is 2.61. The Morgan fingerprint density at radius 1 is 0.920 bits per heavy atom. The molecule has 0 bridgehead atoms. The van der Waals surface area contributed by atoms with Gasteiger partial charge in [0, 0.05) is 13.1 Å². The van der Waals surface area contributed by atoms with Gasteiger partial charge in [0.05, 0.1) is 0 Å². The summed E-state index contributed by atoms with van der Waals surface area (Å²) >= 11 is 0. The Morgan fingerprint density at radius 3 is 2.40 bits per heavy atom. The van der Waals surface area contributed by atoms with Gasteiger partial charge in [0.1, 0.15) is 11.5 Å². The maximum absolute atomic E-state index is 11.8. The van der Waals surface area contributed by atoms with Gasteiger partial charge in [-0.1, -0.05) is 30.3 Å². The van der Waals surface area contributed by atoms with Crippen LogP contribution in [0.2, 0.25) is 0 Å². The topological polar surface area (TPSA) is 76.7 Å². The average molecular weight is 342 g/mol. The molecule has 0 fully saturated rings. The highest BCUT2D eigenvalue weighted by molar-refractivity contribution is 5.77. The highest BCUT2D eigenvalue weighted by Crippen LogP contribution is 2.20. The number of rotatable bonds is 7. The third kappa shape index (κ3) is 6.18. The van der Waals surface area contributed by atoms with E-state index in [-0.39, 0.29) is 19.1 Å². The third-order valence-electron chi connectivity index (χ3n) is 3.58. The molecular weight excluding hydrogens is 320 g/mol. The molecule has 2 rings (SSSR count). The standard InChI is InChI=1S/C19H22N2O4/c1-14-7-6-10-17(15(14)2)24-13-18(22)20-11-12-21-19(23)25-16-8-4-3-5-9-16/h3-10H,11-13H2,1-2H3,(H,20,22)(H,21,23). The molecule has 2 aromatic carbocycles. The minimum absolute atomic E-state index is 0.0707. The molecule has 0 saturated heterocycles. The molecule has 6 nitrogen and oxygen atoms in total. The molecule has 0 atom stereocenters. The van der Waals surface area contributed by atoms with Gasteiger partial charge in [-0.15, -0.1) is 0 Å². The summed E-state index contributed by atoms with van der Waals surface area (Å²) in [5, 5.41) is 5.23. The molecular formula is C19H22N2O4. The summed E-state index contributed by atoms with van der Waals surface area (Å²) < 4.78 is 10.6. The van der Waals surface area contributed by atoms with Crippen LogP contribution in [-0.4, -0.2) is 31.7 Å². The van der Waals surface area contributed by atoms with E-state index in [1.807, 2.05) is 38.1 Å². The number of benzene rings is 2. The number of ether oxygens (including phenoxy) is 2. The van der Waals surface area contributed by atoms with Crippen LogP contribution in [0.15, 0.2) is 48.5 Å². The number of nitrogens with one attached hydrogen (secondary N) is 2. The van der Waals surface area contributed by atoms with Crippen molar-refractivity contribution < 1.29 is 19.1 Å². The second-order valence-corrected chi connectivity index (χ2v) is 5.47. The van der Waals surface area contributed by atoms with E-state index in [4.69, 9.17) is 9.47 Å². The summed E-state index contributed by atoms with van der Waals surface area (Å²) in [6.07, 6.45) is -0.563. The van der Waals surface area contributed by atoms with Crippen molar-refractivity contribution >= 4 is 12.0 Å². The molecule has 0 spiro atoms. The van der Waals surface area contributed by atoms with Gasteiger partial charge in [-0.05, 0) is 43.2 Å². The Hall–Kier alpha value is -3.02. The molecule has 0 aliphatic rings. The molecule has 132 valence electrons. The van der Waals surface area contributed by atoms with Crippen LogP contribution in [0.25, 0.3) is 0 Å². The summed E-state index contributed by atoms with van der Waals surface area (Å²) in [6.45, 7) is 4.42. The highest BCUT2D eigenvalue weighted by atomic mass is 16.6. The Labute approximate surface area is 147 Å². The largest absolute Gasteiger partial charge is 0.483 e. The molecule has 6 heteroatoms. The number of aryl methyl sites for hydroxylation is 1. The van der Waals surface area contributed by atoms with Gasteiger partial charge < -0.3 is 20.1 Å². The summed E-state index contributed by atoms with van der Waals surface area (Å²) in [6, 6.07) is 14.5. The van der Waals surface area contributed by atoms with Gasteiger partial charge in [-0.3, -0.25) is 4.79 Å². The van der Waals surface area contributed by atoms with Crippen LogP contribution >= 0.6 is 0 Å². The lowest BCUT2D eigenvalue weighted by atomic mass is 10.1. The Morgan fingerprint density at radius 2 is 1.64 bits per heavy atom. The Balaban J connectivity index is 1.62. The molecule has 2 N–H and O–H groups in total. The quantitative estimate of drug-likeness (QED) is 0.758. The van der Waals surface area contributed by atoms with Crippen molar-refractivity contribution in [3.05, 3.63) is 59.7 Å². The normalized spacial score (nSPS) is 10.0. The first-order chi connectivity index (χ1) is 12.1. The predicted octanol–water partition coefficient (Wildman–Crippen LogP) is 2.59. The van der Waals surface area contributed by atoms with E-state index in [2.05, 4.69) is 10.6 Å². The van der Waals surface area contributed by atoms with Crippen molar-refractivity contribution in [3.63, 3.8) is 0 Å². The van der Waals surface area contributed by atoms with Gasteiger partial charge in [0.15, 0.2) is 6.61 Å². The zero-order chi connectivity index (χ0) is 18.1. The fourth-order valence-electron chi connectivity index (χ4n) is 2.07. The fraction of sp³-hybridized carbons (Fsp3) is 0.263. The van der Waals surface area contributed by atoms with Gasteiger partial charge in [-0.2, -0.15) is 0 Å². The summed E-state index contributed by atoms with van der Waals surface area (Å²) in [7, 11) is 0. The van der Waals surface area contributed by atoms with E-state index in [1.54, 1.807) is 24.3 Å². The van der Waals surface area contributed by atoms with Crippen molar-refractivity contribution in [2.45, 2.75) is 13.8 Å². The van der Waals surface area contributed by atoms with E-state index < -0.39 is 6.09 Å². The van der Waals surface area contributed by atoms with E-state index in [1.165, 1.54) is 0 Å². The first-order valence-electron chi connectivity index (χ1n) is 8.02. The molecule has 0 heterocycles. The lowest BCUT2D eigenvalue weighted by Crippen LogP contribution is -2.37. The summed E-state index contributed by atoms with van der Waals surface area (Å²) in [5.41, 5.74) is 2.12. The van der Waals surface area contributed by atoms with Gasteiger partial charge in [0.25, 0.3) is 5.91 Å². The molecule has 0 aromatic heterocycles. The number of hydrogen-bond donors (Lipinski definition) is 2. The van der Waals surface area contributed by atoms with Gasteiger partial charge in [-0.25, -0.2) is 4.79 Å². The fourth-order valence-corrected chi connectivity index (χ4v) is 2.07. The highest BCUT2D eigenvalue weighted by Gasteiger charge is 2.07. The van der Waals surface area contributed by atoms with Crippen LogP contribution in [0.1, 0.15) is 11.1 Å². The van der Waals surface area contributed by atoms with Crippen LogP contribution in [0.5, 0.6) is 11.5 Å². The van der Waals surface area contributed by atoms with E-state index >= 15 is 0 Å². The molecule has 0 aliphatic heterocycles. The SMILES string of the molecule is Cc1cccc(OCC(=O)NCCNC(=O)Oc2ccccc2)c1C. The number of carbonyl (C=O) groups is 2. The minimum atomic E-state index is -0.563. The van der Waals surface area contributed by atoms with Crippen molar-refractivity contribution in [2.75, 3.05) is 19.7 Å². The molecule has 25 heavy (non-hydrogen) atoms. The smallest absolute Gasteiger partial charge is 0.412 e. The Bertz CT molecular complexity index is 717. The second kappa shape index (κ2) is 9.32. The van der Waals surface area contributed by atoms with Gasteiger partial charge >= 0.3 is 6.09 Å². The number of hydrogen-bond acceptors (Lipinski definition) is 4. The zero-order valence-corrected chi connectivity index (χ0v) is 14.4. The molecule has 0 radical (unpaired) electrons. The van der Waals surface area contributed by atoms with Crippen molar-refractivity contribution in [1.82, 2.24) is 10.6 Å². The maximum atomic E-state index is 11.8. The number of carbonyl (C=O) groups excluding carboxylic acids is 2. The van der Waals surface area contributed by atoms with Crippen LogP contribution < -0.4 is 20.1 Å². The molecule has 2 aromatic rings. The number of amides is 2. The van der Waals surface area contributed by atoms with Crippen LogP contribution in [0.4, 0.5) is 4.79 Å². The van der Waals surface area contributed by atoms with Crippen molar-refractivity contribution in [2.24, 2.45) is 0 Å². The van der Waals surface area contributed by atoms with E-state index in [9.17, 15) is 9.59 Å². The summed E-state index contributed by atoms with van der Waals surface area (Å²) in [5.74, 6) is 0.907. The lowest BCUT2D eigenvalue weighted by molar-refractivity contribution is -0.123. The zero-order valence-electron chi connectivity index (χ0n) is 14.4. The molecule has 0 saturated carbocycles. The van der Waals surface area contributed by atoms with E-state index in [0.29, 0.717) is 18.0 Å². The molecule has 0 aliphatic carbocycles. The van der Waals surface area contributed by atoms with Crippen LogP contribution in [-0.2, 0) is 4.79 Å². The lowest BCUT2D eigenvalue weighted by Gasteiger charge is -2.11. The Kier molecular flexibility index (Phi) is 6.83.